The van der Waals surface area contributed by atoms with E-state index in [9.17, 15) is 9.59 Å². The van der Waals surface area contributed by atoms with E-state index in [1.165, 1.54) is 4.57 Å². The summed E-state index contributed by atoms with van der Waals surface area (Å²) in [5, 5.41) is 7.86. The summed E-state index contributed by atoms with van der Waals surface area (Å²) >= 11 is 0. The van der Waals surface area contributed by atoms with Crippen molar-refractivity contribution in [3.05, 3.63) is 71.2 Å². The monoisotopic (exact) mass is 399 g/mol. The number of rotatable bonds is 4. The molecule has 3 N–H and O–H groups in total. The molecule has 1 amide bonds. The maximum atomic E-state index is 13.1. The predicted molar refractivity (Wildman–Crippen MR) is 112 cm³/mol. The molecule has 148 valence electrons. The van der Waals surface area contributed by atoms with Crippen molar-refractivity contribution >= 4 is 27.8 Å². The van der Waals surface area contributed by atoms with Crippen LogP contribution in [0.3, 0.4) is 0 Å². The molecule has 0 radical (unpaired) electrons. The second-order valence-electron chi connectivity index (χ2n) is 7.03. The number of carbonyl (C=O) groups is 1. The Kier molecular flexibility index (Phi) is 3.95. The van der Waals surface area contributed by atoms with Crippen LogP contribution in [0.25, 0.3) is 38.9 Å². The van der Waals surface area contributed by atoms with Crippen molar-refractivity contribution in [2.24, 2.45) is 5.73 Å². The number of nitrogens with two attached hydrogens (primary N) is 1. The molecule has 0 aliphatic rings. The summed E-state index contributed by atoms with van der Waals surface area (Å²) in [4.78, 5) is 33.4. The van der Waals surface area contributed by atoms with Crippen molar-refractivity contribution in [2.45, 2.75) is 13.5 Å². The summed E-state index contributed by atoms with van der Waals surface area (Å²) < 4.78 is 2.94. The van der Waals surface area contributed by atoms with Crippen LogP contribution < -0.4 is 11.4 Å². The zero-order chi connectivity index (χ0) is 20.8. The molecular formula is C21H17N7O2. The van der Waals surface area contributed by atoms with Gasteiger partial charge in [0.1, 0.15) is 6.54 Å². The first-order valence-electron chi connectivity index (χ1n) is 9.27. The van der Waals surface area contributed by atoms with Gasteiger partial charge in [-0.1, -0.05) is 12.1 Å². The quantitative estimate of drug-likeness (QED) is 0.478. The van der Waals surface area contributed by atoms with E-state index in [1.54, 1.807) is 35.4 Å². The lowest BCUT2D eigenvalue weighted by Crippen LogP contribution is -2.29. The number of fused-ring (bicyclic) bond motifs is 2. The van der Waals surface area contributed by atoms with Crippen LogP contribution in [-0.4, -0.2) is 35.2 Å². The Bertz CT molecular complexity index is 1480. The molecule has 0 saturated heterocycles. The second-order valence-corrected chi connectivity index (χ2v) is 7.03. The van der Waals surface area contributed by atoms with Crippen LogP contribution in [0.5, 0.6) is 0 Å². The topological polar surface area (TPSA) is 124 Å². The van der Waals surface area contributed by atoms with Crippen molar-refractivity contribution in [1.82, 2.24) is 29.3 Å². The fourth-order valence-corrected chi connectivity index (χ4v) is 3.77. The van der Waals surface area contributed by atoms with Crippen LogP contribution in [0.4, 0.5) is 0 Å². The van der Waals surface area contributed by atoms with Crippen molar-refractivity contribution in [2.75, 3.05) is 0 Å². The van der Waals surface area contributed by atoms with Gasteiger partial charge in [0.15, 0.2) is 0 Å². The highest BCUT2D eigenvalue weighted by Gasteiger charge is 2.18. The SMILES string of the molecule is Cc1cccc2c1n(-c1ccc(-c3cncc4[nH]ncc34)nc1)c(=O)n2CC(N)=O. The number of aromatic amines is 1. The van der Waals surface area contributed by atoms with E-state index in [-0.39, 0.29) is 12.2 Å². The average Bonchev–Trinajstić information content (AvgIpc) is 3.32. The first-order chi connectivity index (χ1) is 14.5. The molecule has 0 aliphatic heterocycles. The van der Waals surface area contributed by atoms with Gasteiger partial charge in [0, 0.05) is 17.1 Å². The van der Waals surface area contributed by atoms with E-state index < -0.39 is 5.91 Å². The predicted octanol–water partition coefficient (Wildman–Crippen LogP) is 1.92. The smallest absolute Gasteiger partial charge is 0.334 e. The molecule has 0 unspecified atom stereocenters. The number of benzene rings is 1. The molecule has 9 nitrogen and oxygen atoms in total. The fourth-order valence-electron chi connectivity index (χ4n) is 3.77. The number of aromatic nitrogens is 6. The lowest BCUT2D eigenvalue weighted by Gasteiger charge is -2.07. The molecule has 0 fully saturated rings. The van der Waals surface area contributed by atoms with Crippen LogP contribution in [0.1, 0.15) is 5.56 Å². The summed E-state index contributed by atoms with van der Waals surface area (Å²) in [6.07, 6.45) is 6.80. The molecule has 5 rings (SSSR count). The second kappa shape index (κ2) is 6.66. The number of pyridine rings is 2. The number of imidazole rings is 1. The van der Waals surface area contributed by atoms with Gasteiger partial charge in [-0.15, -0.1) is 0 Å². The summed E-state index contributed by atoms with van der Waals surface area (Å²) in [5.74, 6) is -0.577. The van der Waals surface area contributed by atoms with Gasteiger partial charge in [0.05, 0.1) is 46.5 Å². The standard InChI is InChI=1S/C21H17N7O2/c1-12-3-2-4-18-20(12)28(21(30)27(18)11-19(22)29)13-5-6-16(24-7-13)14-8-23-10-17-15(14)9-25-26-17/h2-10H,11H2,1H3,(H2,22,29)(H,25,26). The Balaban J connectivity index is 1.68. The first-order valence-corrected chi connectivity index (χ1v) is 9.27. The van der Waals surface area contributed by atoms with E-state index >= 15 is 0 Å². The highest BCUT2D eigenvalue weighted by Crippen LogP contribution is 2.26. The molecule has 0 atom stereocenters. The summed E-state index contributed by atoms with van der Waals surface area (Å²) in [7, 11) is 0. The third-order valence-electron chi connectivity index (χ3n) is 5.12. The Labute approximate surface area is 169 Å². The van der Waals surface area contributed by atoms with Crippen LogP contribution in [0, 0.1) is 6.92 Å². The third kappa shape index (κ3) is 2.67. The molecular weight excluding hydrogens is 382 g/mol. The number of H-pyrrole nitrogens is 1. The maximum absolute atomic E-state index is 13.1. The maximum Gasteiger partial charge on any atom is 0.334 e. The molecule has 0 aliphatic carbocycles. The largest absolute Gasteiger partial charge is 0.368 e. The number of aryl methyl sites for hydroxylation is 1. The molecule has 0 spiro atoms. The number of nitrogens with one attached hydrogen (secondary N) is 1. The Morgan fingerprint density at radius 1 is 1.13 bits per heavy atom. The van der Waals surface area contributed by atoms with Gasteiger partial charge in [-0.05, 0) is 30.7 Å². The minimum absolute atomic E-state index is 0.189. The van der Waals surface area contributed by atoms with Gasteiger partial charge in [-0.2, -0.15) is 5.10 Å². The van der Waals surface area contributed by atoms with E-state index in [0.717, 1.165) is 27.5 Å². The first kappa shape index (κ1) is 17.8. The highest BCUT2D eigenvalue weighted by molar-refractivity contribution is 5.92. The summed E-state index contributed by atoms with van der Waals surface area (Å²) in [5.41, 5.74) is 10.3. The molecule has 4 aromatic heterocycles. The van der Waals surface area contributed by atoms with E-state index in [4.69, 9.17) is 5.73 Å². The van der Waals surface area contributed by atoms with Gasteiger partial charge >= 0.3 is 5.69 Å². The van der Waals surface area contributed by atoms with Crippen LogP contribution in [0.2, 0.25) is 0 Å². The van der Waals surface area contributed by atoms with E-state index in [1.807, 2.05) is 31.2 Å². The van der Waals surface area contributed by atoms with Crippen LogP contribution in [-0.2, 0) is 11.3 Å². The molecule has 0 bridgehead atoms. The van der Waals surface area contributed by atoms with E-state index in [0.29, 0.717) is 16.9 Å². The number of para-hydroxylation sites is 1. The Morgan fingerprint density at radius 3 is 2.77 bits per heavy atom. The molecule has 9 heteroatoms. The number of carbonyl (C=O) groups excluding carboxylic acids is 1. The zero-order valence-corrected chi connectivity index (χ0v) is 16.0. The van der Waals surface area contributed by atoms with Crippen molar-refractivity contribution < 1.29 is 4.79 Å². The normalized spacial score (nSPS) is 11.4. The lowest BCUT2D eigenvalue weighted by molar-refractivity contribution is -0.118. The molecule has 1 aromatic carbocycles. The average molecular weight is 399 g/mol. The van der Waals surface area contributed by atoms with Gasteiger partial charge in [0.25, 0.3) is 0 Å². The zero-order valence-electron chi connectivity index (χ0n) is 16.0. The van der Waals surface area contributed by atoms with Crippen molar-refractivity contribution in [3.63, 3.8) is 0 Å². The number of hydrogen-bond acceptors (Lipinski definition) is 5. The molecule has 4 heterocycles. The van der Waals surface area contributed by atoms with Gasteiger partial charge in [0.2, 0.25) is 5.91 Å². The lowest BCUT2D eigenvalue weighted by atomic mass is 10.1. The van der Waals surface area contributed by atoms with Gasteiger partial charge in [-0.25, -0.2) is 4.79 Å². The Morgan fingerprint density at radius 2 is 2.00 bits per heavy atom. The minimum atomic E-state index is -0.577. The van der Waals surface area contributed by atoms with E-state index in [2.05, 4.69) is 20.2 Å². The summed E-state index contributed by atoms with van der Waals surface area (Å²) in [6, 6.07) is 9.22. The Hall–Kier alpha value is -4.27. The van der Waals surface area contributed by atoms with Crippen molar-refractivity contribution in [1.29, 1.82) is 0 Å². The summed E-state index contributed by atoms with van der Waals surface area (Å²) in [6.45, 7) is 1.73. The fraction of sp³-hybridized carbons (Fsp3) is 0.0952. The number of primary amides is 1. The molecule has 0 saturated carbocycles. The third-order valence-corrected chi connectivity index (χ3v) is 5.12. The van der Waals surface area contributed by atoms with Crippen molar-refractivity contribution in [3.8, 4) is 16.9 Å². The van der Waals surface area contributed by atoms with Crippen LogP contribution >= 0.6 is 0 Å². The van der Waals surface area contributed by atoms with Gasteiger partial charge < -0.3 is 5.73 Å². The highest BCUT2D eigenvalue weighted by atomic mass is 16.2. The minimum Gasteiger partial charge on any atom is -0.368 e. The molecule has 5 aromatic rings. The number of nitrogens with zero attached hydrogens (tertiary/aromatic N) is 5. The number of amides is 1. The molecule has 30 heavy (non-hydrogen) atoms. The number of hydrogen-bond donors (Lipinski definition) is 2. The van der Waals surface area contributed by atoms with Gasteiger partial charge in [-0.3, -0.25) is 29.0 Å². The van der Waals surface area contributed by atoms with Crippen LogP contribution in [0.15, 0.2) is 59.9 Å².